The predicted octanol–water partition coefficient (Wildman–Crippen LogP) is 10.3. The second-order valence-corrected chi connectivity index (χ2v) is 11.0. The lowest BCUT2D eigenvalue weighted by Gasteiger charge is -2.05. The summed E-state index contributed by atoms with van der Waals surface area (Å²) in [6.45, 7) is 5.82. The number of imidazole rings is 1. The van der Waals surface area contributed by atoms with Crippen molar-refractivity contribution in [3.05, 3.63) is 18.2 Å². The van der Waals surface area contributed by atoms with E-state index in [-0.39, 0.29) is 0 Å². The first kappa shape index (κ1) is 31.2. The van der Waals surface area contributed by atoms with Crippen molar-refractivity contribution in [2.75, 3.05) is 0 Å². The van der Waals surface area contributed by atoms with Crippen molar-refractivity contribution < 1.29 is 4.57 Å². The van der Waals surface area contributed by atoms with Gasteiger partial charge >= 0.3 is 0 Å². The zero-order valence-corrected chi connectivity index (χ0v) is 23.9. The summed E-state index contributed by atoms with van der Waals surface area (Å²) in [5.41, 5.74) is 0. The third-order valence-electron chi connectivity index (χ3n) is 7.72. The van der Waals surface area contributed by atoms with E-state index in [9.17, 15) is 0 Å². The molecule has 0 bridgehead atoms. The van der Waals surface area contributed by atoms with Gasteiger partial charge in [-0.2, -0.15) is 0 Å². The van der Waals surface area contributed by atoms with Gasteiger partial charge in [-0.3, -0.25) is 0 Å². The van der Waals surface area contributed by atoms with Crippen molar-refractivity contribution in [2.24, 2.45) is 7.05 Å². The van der Waals surface area contributed by atoms with Crippen LogP contribution in [0, 0.1) is 0 Å². The second-order valence-electron chi connectivity index (χ2n) is 11.0. The zero-order chi connectivity index (χ0) is 24.5. The fourth-order valence-corrected chi connectivity index (χ4v) is 5.33. The van der Waals surface area contributed by atoms with Gasteiger partial charge in [0.2, 0.25) is 0 Å². The van der Waals surface area contributed by atoms with E-state index in [0.29, 0.717) is 0 Å². The van der Waals surface area contributed by atoms with Crippen LogP contribution in [0.1, 0.15) is 174 Å². The van der Waals surface area contributed by atoms with Gasteiger partial charge in [0, 0.05) is 6.42 Å². The fraction of sp³-hybridized carbons (Fsp3) is 0.906. The number of hydrogen-bond acceptors (Lipinski definition) is 0. The highest BCUT2D eigenvalue weighted by atomic mass is 15.1. The predicted molar refractivity (Wildman–Crippen MR) is 151 cm³/mol. The summed E-state index contributed by atoms with van der Waals surface area (Å²) in [7, 11) is 2.23. The minimum atomic E-state index is 1.21. The third kappa shape index (κ3) is 17.6. The Bertz CT molecular complexity index is 533. The Kier molecular flexibility index (Phi) is 22.0. The number of aromatic nitrogens is 2. The Labute approximate surface area is 215 Å². The van der Waals surface area contributed by atoms with Crippen molar-refractivity contribution in [2.45, 2.75) is 181 Å². The van der Waals surface area contributed by atoms with E-state index in [1.165, 1.54) is 173 Å². The minimum Gasteiger partial charge on any atom is -0.237 e. The summed E-state index contributed by atoms with van der Waals surface area (Å²) in [4.78, 5) is 0. The van der Waals surface area contributed by atoms with Crippen LogP contribution in [0.15, 0.2) is 12.4 Å². The Hall–Kier alpha value is -0.790. The average Bonchev–Trinajstić information content (AvgIpc) is 3.19. The molecule has 0 amide bonds. The Morgan fingerprint density at radius 2 is 0.853 bits per heavy atom. The summed E-state index contributed by atoms with van der Waals surface area (Å²) in [5.74, 6) is 1.54. The zero-order valence-electron chi connectivity index (χ0n) is 23.9. The first-order chi connectivity index (χ1) is 16.8. The lowest BCUT2D eigenvalue weighted by atomic mass is 10.0. The van der Waals surface area contributed by atoms with E-state index >= 15 is 0 Å². The van der Waals surface area contributed by atoms with Crippen molar-refractivity contribution in [3.8, 4) is 0 Å². The average molecular weight is 476 g/mol. The van der Waals surface area contributed by atoms with Gasteiger partial charge in [-0.1, -0.05) is 149 Å². The molecule has 200 valence electrons. The molecule has 0 aliphatic heterocycles. The molecule has 0 N–H and O–H groups in total. The van der Waals surface area contributed by atoms with Crippen molar-refractivity contribution in [3.63, 3.8) is 0 Å². The van der Waals surface area contributed by atoms with Crippen LogP contribution >= 0.6 is 0 Å². The molecule has 2 nitrogen and oxygen atoms in total. The van der Waals surface area contributed by atoms with E-state index in [1.807, 2.05) is 0 Å². The van der Waals surface area contributed by atoms with Crippen LogP contribution in [0.3, 0.4) is 0 Å². The number of nitrogens with zero attached hydrogens (tertiary/aromatic N) is 2. The topological polar surface area (TPSA) is 8.81 Å². The molecule has 0 aliphatic rings. The van der Waals surface area contributed by atoms with Crippen LogP contribution < -0.4 is 4.57 Å². The monoisotopic (exact) mass is 475 g/mol. The van der Waals surface area contributed by atoms with Crippen LogP contribution in [-0.2, 0) is 20.0 Å². The quantitative estimate of drug-likeness (QED) is 0.0930. The van der Waals surface area contributed by atoms with E-state index < -0.39 is 0 Å². The SMILES string of the molecule is CCCCCCCCCCCCCCC[n+]1ccn(C)c1CCCCCCCCCCCCC. The van der Waals surface area contributed by atoms with Crippen LogP contribution in [0.2, 0.25) is 0 Å². The molecule has 0 spiro atoms. The first-order valence-electron chi connectivity index (χ1n) is 15.8. The van der Waals surface area contributed by atoms with E-state index in [1.54, 1.807) is 0 Å². The molecular weight excluding hydrogens is 412 g/mol. The van der Waals surface area contributed by atoms with Crippen LogP contribution in [-0.4, -0.2) is 4.57 Å². The smallest absolute Gasteiger partial charge is 0.237 e. The lowest BCUT2D eigenvalue weighted by molar-refractivity contribution is -0.704. The van der Waals surface area contributed by atoms with Gasteiger partial charge in [-0.05, 0) is 19.3 Å². The van der Waals surface area contributed by atoms with Gasteiger partial charge in [0.25, 0.3) is 5.82 Å². The van der Waals surface area contributed by atoms with Crippen molar-refractivity contribution in [1.82, 2.24) is 4.57 Å². The number of hydrogen-bond donors (Lipinski definition) is 0. The Balaban J connectivity index is 1.96. The summed E-state index contributed by atoms with van der Waals surface area (Å²) < 4.78 is 4.90. The van der Waals surface area contributed by atoms with E-state index in [2.05, 4.69) is 42.4 Å². The highest BCUT2D eigenvalue weighted by molar-refractivity contribution is 4.82. The highest BCUT2D eigenvalue weighted by Gasteiger charge is 2.13. The maximum Gasteiger partial charge on any atom is 0.256 e. The summed E-state index contributed by atoms with van der Waals surface area (Å²) in [6, 6.07) is 0. The third-order valence-corrected chi connectivity index (χ3v) is 7.72. The minimum absolute atomic E-state index is 1.21. The van der Waals surface area contributed by atoms with Crippen molar-refractivity contribution >= 4 is 0 Å². The van der Waals surface area contributed by atoms with E-state index in [0.717, 1.165) is 0 Å². The molecular formula is C32H63N2+. The van der Waals surface area contributed by atoms with Gasteiger partial charge in [0.1, 0.15) is 12.4 Å². The molecule has 0 radical (unpaired) electrons. The van der Waals surface area contributed by atoms with Gasteiger partial charge in [0.15, 0.2) is 0 Å². The molecule has 0 atom stereocenters. The highest BCUT2D eigenvalue weighted by Crippen LogP contribution is 2.14. The van der Waals surface area contributed by atoms with Gasteiger partial charge in [-0.25, -0.2) is 9.13 Å². The molecule has 0 aliphatic carbocycles. The molecule has 0 fully saturated rings. The maximum absolute atomic E-state index is 2.54. The Morgan fingerprint density at radius 3 is 1.26 bits per heavy atom. The lowest BCUT2D eigenvalue weighted by Crippen LogP contribution is -2.37. The molecule has 1 heterocycles. The number of unbranched alkanes of at least 4 members (excludes halogenated alkanes) is 22. The van der Waals surface area contributed by atoms with E-state index in [4.69, 9.17) is 0 Å². The summed E-state index contributed by atoms with van der Waals surface area (Å²) in [5, 5.41) is 0. The molecule has 34 heavy (non-hydrogen) atoms. The standard InChI is InChI=1S/C32H63N2/c1-4-6-8-10-12-14-16-17-19-21-23-25-27-29-34-31-30-33(3)32(34)28-26-24-22-20-18-15-13-11-9-7-5-2/h30-31H,4-29H2,1-3H3/q+1. The molecule has 1 aromatic rings. The van der Waals surface area contributed by atoms with Crippen LogP contribution in [0.5, 0.6) is 0 Å². The van der Waals surface area contributed by atoms with Crippen molar-refractivity contribution in [1.29, 1.82) is 0 Å². The molecule has 1 rings (SSSR count). The molecule has 1 aromatic heterocycles. The molecule has 2 heteroatoms. The van der Waals surface area contributed by atoms with Gasteiger partial charge < -0.3 is 0 Å². The number of rotatable bonds is 26. The normalized spacial score (nSPS) is 11.5. The maximum atomic E-state index is 2.54. The molecule has 0 aromatic carbocycles. The second kappa shape index (κ2) is 23.9. The largest absolute Gasteiger partial charge is 0.256 e. The van der Waals surface area contributed by atoms with Crippen LogP contribution in [0.25, 0.3) is 0 Å². The fourth-order valence-electron chi connectivity index (χ4n) is 5.33. The molecule has 0 saturated carbocycles. The summed E-state index contributed by atoms with van der Waals surface area (Å²) in [6.07, 6.45) is 40.2. The molecule has 0 unspecified atom stereocenters. The molecule has 0 saturated heterocycles. The van der Waals surface area contributed by atoms with Gasteiger partial charge in [0.05, 0.1) is 13.6 Å². The van der Waals surface area contributed by atoms with Crippen LogP contribution in [0.4, 0.5) is 0 Å². The summed E-state index contributed by atoms with van der Waals surface area (Å²) >= 11 is 0. The first-order valence-corrected chi connectivity index (χ1v) is 15.8. The Morgan fingerprint density at radius 1 is 0.500 bits per heavy atom. The number of aryl methyl sites for hydroxylation is 2. The van der Waals surface area contributed by atoms with Gasteiger partial charge in [-0.15, -0.1) is 0 Å².